The summed E-state index contributed by atoms with van der Waals surface area (Å²) in [5.41, 5.74) is 0. The molecule has 0 aliphatic rings. The highest BCUT2D eigenvalue weighted by atomic mass is 32.5. The Morgan fingerprint density at radius 1 is 0.600 bits per heavy atom. The van der Waals surface area contributed by atoms with E-state index in [1.54, 1.807) is 0 Å². The Labute approximate surface area is 163 Å². The van der Waals surface area contributed by atoms with Crippen molar-refractivity contribution < 1.29 is 4.31 Å². The van der Waals surface area contributed by atoms with E-state index in [4.69, 9.17) is 27.9 Å². The fourth-order valence-electron chi connectivity index (χ4n) is 2.52. The maximum atomic E-state index is 6.98. The zero-order chi connectivity index (χ0) is 18.9. The monoisotopic (exact) mass is 410 g/mol. The molecule has 0 N–H and O–H groups in total. The van der Waals surface area contributed by atoms with Crippen LogP contribution in [0.2, 0.25) is 0 Å². The van der Waals surface area contributed by atoms with Crippen LogP contribution in [0.4, 0.5) is 0 Å². The van der Waals surface area contributed by atoms with Crippen LogP contribution < -0.4 is 10.6 Å². The van der Waals surface area contributed by atoms with Crippen LogP contribution in [0.3, 0.4) is 0 Å². The predicted octanol–water partition coefficient (Wildman–Crippen LogP) is 6.04. The van der Waals surface area contributed by atoms with Crippen molar-refractivity contribution in [3.63, 3.8) is 0 Å². The van der Waals surface area contributed by atoms with Gasteiger partial charge in [-0.05, 0) is 0 Å². The minimum absolute atomic E-state index is 0.173. The van der Waals surface area contributed by atoms with Gasteiger partial charge in [-0.25, -0.2) is 0 Å². The number of hydrogen-bond donors (Lipinski definition) is 0. The first-order valence-electron chi connectivity index (χ1n) is 8.45. The normalized spacial score (nSPS) is 17.5. The Hall–Kier alpha value is -0.300. The van der Waals surface area contributed by atoms with E-state index in [0.717, 1.165) is 10.6 Å². The zero-order valence-electron chi connectivity index (χ0n) is 15.9. The molecule has 0 aliphatic heterocycles. The van der Waals surface area contributed by atoms with Gasteiger partial charge in [0.15, 0.2) is 0 Å². The van der Waals surface area contributed by atoms with Crippen LogP contribution in [0.15, 0.2) is 60.7 Å². The third-order valence-corrected chi connectivity index (χ3v) is 17.3. The van der Waals surface area contributed by atoms with Gasteiger partial charge in [-0.15, -0.1) is 0 Å². The minimum Gasteiger partial charge on any atom is -0.311 e. The lowest BCUT2D eigenvalue weighted by atomic mass is 10.3. The number of hydrogen-bond acceptors (Lipinski definition) is 3. The molecule has 5 heteroatoms. The Morgan fingerprint density at radius 3 is 1.12 bits per heavy atom. The quantitative estimate of drug-likeness (QED) is 0.569. The van der Waals surface area contributed by atoms with Gasteiger partial charge in [-0.3, -0.25) is 0 Å². The van der Waals surface area contributed by atoms with Crippen molar-refractivity contribution in [2.75, 3.05) is 0 Å². The molecular weight excluding hydrogens is 382 g/mol. The molecular formula is C20H28OP2S2. The van der Waals surface area contributed by atoms with Crippen molar-refractivity contribution in [2.45, 2.75) is 51.9 Å². The van der Waals surface area contributed by atoms with E-state index in [2.05, 4.69) is 65.8 Å². The predicted molar refractivity (Wildman–Crippen MR) is 121 cm³/mol. The molecule has 1 nitrogen and oxygen atoms in total. The third kappa shape index (κ3) is 4.18. The molecule has 2 aromatic carbocycles. The summed E-state index contributed by atoms with van der Waals surface area (Å²) in [6.45, 7) is 13.0. The first kappa shape index (κ1) is 21.0. The maximum absolute atomic E-state index is 6.98. The summed E-state index contributed by atoms with van der Waals surface area (Å²) < 4.78 is 6.98. The molecule has 2 unspecified atom stereocenters. The number of rotatable bonds is 4. The van der Waals surface area contributed by atoms with Crippen LogP contribution in [0.5, 0.6) is 0 Å². The molecule has 136 valence electrons. The molecule has 2 rings (SSSR count). The fraction of sp³-hybridized carbons (Fsp3) is 0.400. The molecule has 0 aliphatic carbocycles. The average Bonchev–Trinajstić information content (AvgIpc) is 2.54. The van der Waals surface area contributed by atoms with E-state index in [-0.39, 0.29) is 10.3 Å². The molecule has 0 spiro atoms. The van der Waals surface area contributed by atoms with E-state index in [1.165, 1.54) is 0 Å². The summed E-state index contributed by atoms with van der Waals surface area (Å²) in [7, 11) is 0. The molecule has 2 atom stereocenters. The van der Waals surface area contributed by atoms with Crippen LogP contribution in [0.1, 0.15) is 41.5 Å². The molecule has 0 bridgehead atoms. The highest BCUT2D eigenvalue weighted by Gasteiger charge is 2.44. The van der Waals surface area contributed by atoms with Crippen molar-refractivity contribution in [3.05, 3.63) is 60.7 Å². The molecule has 0 heterocycles. The lowest BCUT2D eigenvalue weighted by molar-refractivity contribution is 0.599. The van der Waals surface area contributed by atoms with Crippen LogP contribution in [-0.4, -0.2) is 10.3 Å². The molecule has 2 aromatic rings. The molecule has 0 radical (unpaired) electrons. The van der Waals surface area contributed by atoms with Crippen LogP contribution in [0, 0.1) is 0 Å². The fourth-order valence-corrected chi connectivity index (χ4v) is 12.1. The van der Waals surface area contributed by atoms with E-state index < -0.39 is 12.5 Å². The van der Waals surface area contributed by atoms with E-state index >= 15 is 0 Å². The van der Waals surface area contributed by atoms with Gasteiger partial charge in [-0.2, -0.15) is 0 Å². The zero-order valence-corrected chi connectivity index (χ0v) is 19.3. The van der Waals surface area contributed by atoms with Gasteiger partial charge in [0.2, 0.25) is 0 Å². The summed E-state index contributed by atoms with van der Waals surface area (Å²) in [5.74, 6) is 0. The first-order chi connectivity index (χ1) is 11.4. The summed E-state index contributed by atoms with van der Waals surface area (Å²) in [6, 6.07) is 20.6. The van der Waals surface area contributed by atoms with Crippen molar-refractivity contribution >= 4 is 46.8 Å². The van der Waals surface area contributed by atoms with Crippen LogP contribution in [-0.2, 0) is 27.9 Å². The first-order valence-corrected chi connectivity index (χ1v) is 13.9. The van der Waals surface area contributed by atoms with Crippen molar-refractivity contribution in [1.29, 1.82) is 0 Å². The second-order valence-corrected chi connectivity index (χ2v) is 17.9. The lowest BCUT2D eigenvalue weighted by Crippen LogP contribution is -2.30. The molecule has 0 saturated heterocycles. The lowest BCUT2D eigenvalue weighted by Gasteiger charge is -2.44. The summed E-state index contributed by atoms with van der Waals surface area (Å²) in [4.78, 5) is 0. The van der Waals surface area contributed by atoms with Gasteiger partial charge >= 0.3 is 0 Å². The summed E-state index contributed by atoms with van der Waals surface area (Å²) in [5, 5.41) is 1.86. The van der Waals surface area contributed by atoms with E-state index in [0.29, 0.717) is 0 Å². The van der Waals surface area contributed by atoms with Crippen molar-refractivity contribution in [2.24, 2.45) is 0 Å². The van der Waals surface area contributed by atoms with Crippen molar-refractivity contribution in [1.82, 2.24) is 0 Å². The topological polar surface area (TPSA) is 9.23 Å². The van der Waals surface area contributed by atoms with Gasteiger partial charge in [0.05, 0.1) is 0 Å². The molecule has 25 heavy (non-hydrogen) atoms. The molecule has 0 aromatic heterocycles. The SMILES string of the molecule is CC(C)(C)P(=S)(OP(=S)(c1ccccc1)C(C)(C)C)c1ccccc1. The highest BCUT2D eigenvalue weighted by Crippen LogP contribution is 2.72. The van der Waals surface area contributed by atoms with Gasteiger partial charge in [0.1, 0.15) is 12.5 Å². The van der Waals surface area contributed by atoms with E-state index in [1.807, 2.05) is 36.4 Å². The average molecular weight is 411 g/mol. The van der Waals surface area contributed by atoms with Crippen LogP contribution in [0.25, 0.3) is 0 Å². The third-order valence-electron chi connectivity index (χ3n) is 4.19. The minimum atomic E-state index is -2.36. The Kier molecular flexibility index (Phi) is 6.19. The molecule has 0 saturated carbocycles. The maximum Gasteiger partial charge on any atom is 0.106 e. The molecule has 0 fully saturated rings. The Balaban J connectivity index is 2.68. The van der Waals surface area contributed by atoms with Crippen LogP contribution >= 0.6 is 12.5 Å². The van der Waals surface area contributed by atoms with Crippen molar-refractivity contribution in [3.8, 4) is 0 Å². The van der Waals surface area contributed by atoms with Gasteiger partial charge in [0, 0.05) is 20.9 Å². The smallest absolute Gasteiger partial charge is 0.106 e. The summed E-state index contributed by atoms with van der Waals surface area (Å²) >= 11 is 12.5. The van der Waals surface area contributed by atoms with Gasteiger partial charge < -0.3 is 4.31 Å². The number of benzene rings is 2. The summed E-state index contributed by atoms with van der Waals surface area (Å²) in [6.07, 6.45) is -4.72. The van der Waals surface area contributed by atoms with Gasteiger partial charge in [-0.1, -0.05) is 126 Å². The Bertz CT molecular complexity index is 734. The van der Waals surface area contributed by atoms with E-state index in [9.17, 15) is 0 Å². The Morgan fingerprint density at radius 2 is 0.880 bits per heavy atom. The standard InChI is InChI=1S/C20H28OP2S2/c1-19(2,3)22(24,17-13-9-7-10-14-17)21-23(25,20(4,5)6)18-15-11-8-12-16-18/h7-16H,1-6H3. The van der Waals surface area contributed by atoms with Gasteiger partial charge in [0.25, 0.3) is 0 Å². The highest BCUT2D eigenvalue weighted by molar-refractivity contribution is 8.24. The second-order valence-electron chi connectivity index (χ2n) is 8.20. The second kappa shape index (κ2) is 7.37. The largest absolute Gasteiger partial charge is 0.311 e. The molecule has 0 amide bonds.